The zero-order valence-electron chi connectivity index (χ0n) is 13.3. The van der Waals surface area contributed by atoms with Crippen molar-refractivity contribution in [1.29, 1.82) is 0 Å². The van der Waals surface area contributed by atoms with E-state index in [-0.39, 0.29) is 12.0 Å². The number of aromatic nitrogens is 2. The highest BCUT2D eigenvalue weighted by molar-refractivity contribution is 5.29. The molecule has 2 rings (SSSR count). The fraction of sp³-hybridized carbons (Fsp3) is 0.750. The first-order valence-electron chi connectivity index (χ1n) is 8.09. The minimum Gasteiger partial charge on any atom is -0.396 e. The lowest BCUT2D eigenvalue weighted by atomic mass is 9.83. The van der Waals surface area contributed by atoms with Crippen molar-refractivity contribution < 1.29 is 5.11 Å². The van der Waals surface area contributed by atoms with Gasteiger partial charge < -0.3 is 15.3 Å². The van der Waals surface area contributed by atoms with Crippen LogP contribution in [-0.4, -0.2) is 47.4 Å². The Hall–Kier alpha value is -1.20. The molecule has 1 aliphatic rings. The summed E-state index contributed by atoms with van der Waals surface area (Å²) < 4.78 is 0. The van der Waals surface area contributed by atoms with E-state index in [0.29, 0.717) is 6.04 Å². The van der Waals surface area contributed by atoms with Gasteiger partial charge in [0.1, 0.15) is 0 Å². The molecule has 1 fully saturated rings. The maximum atomic E-state index is 9.67. The Labute approximate surface area is 127 Å². The molecule has 5 heteroatoms. The highest BCUT2D eigenvalue weighted by Crippen LogP contribution is 2.25. The predicted octanol–water partition coefficient (Wildman–Crippen LogP) is 1.83. The van der Waals surface area contributed by atoms with Gasteiger partial charge in [-0.2, -0.15) is 0 Å². The van der Waals surface area contributed by atoms with Crippen LogP contribution >= 0.6 is 0 Å². The molecular weight excluding hydrogens is 264 g/mol. The average molecular weight is 292 g/mol. The van der Waals surface area contributed by atoms with Gasteiger partial charge in [-0.25, -0.2) is 9.97 Å². The molecule has 1 aliphatic heterocycles. The van der Waals surface area contributed by atoms with Crippen molar-refractivity contribution in [3.05, 3.63) is 18.5 Å². The third-order valence-corrected chi connectivity index (χ3v) is 4.86. The molecule has 1 saturated heterocycles. The van der Waals surface area contributed by atoms with Gasteiger partial charge in [0.15, 0.2) is 0 Å². The topological polar surface area (TPSA) is 61.3 Å². The summed E-state index contributed by atoms with van der Waals surface area (Å²) in [5.41, 5.74) is 0.0194. The van der Waals surface area contributed by atoms with Crippen molar-refractivity contribution in [2.45, 2.75) is 45.6 Å². The lowest BCUT2D eigenvalue weighted by Crippen LogP contribution is -2.49. The maximum Gasteiger partial charge on any atom is 0.225 e. The number of nitrogens with one attached hydrogen (secondary N) is 1. The number of hydrogen-bond donors (Lipinski definition) is 2. The molecule has 1 atom stereocenters. The number of piperidine rings is 1. The molecule has 1 aromatic heterocycles. The van der Waals surface area contributed by atoms with Crippen molar-refractivity contribution in [2.24, 2.45) is 5.41 Å². The Bertz CT molecular complexity index is 400. The highest BCUT2D eigenvalue weighted by atomic mass is 16.3. The van der Waals surface area contributed by atoms with Crippen LogP contribution in [0, 0.1) is 5.41 Å². The molecule has 1 unspecified atom stereocenters. The van der Waals surface area contributed by atoms with Crippen LogP contribution in [0.3, 0.4) is 0 Å². The first-order chi connectivity index (χ1) is 10.2. The standard InChI is InChI=1S/C16H28N4O/c1-3-16(4-2,13-21)12-19-14-7-5-10-20(11-14)15-17-8-6-9-18-15/h6,8-9,14,19,21H,3-5,7,10-13H2,1-2H3. The summed E-state index contributed by atoms with van der Waals surface area (Å²) in [6.07, 6.45) is 7.93. The van der Waals surface area contributed by atoms with Crippen LogP contribution in [0.1, 0.15) is 39.5 Å². The molecule has 0 bridgehead atoms. The van der Waals surface area contributed by atoms with E-state index < -0.39 is 0 Å². The molecular formula is C16H28N4O. The van der Waals surface area contributed by atoms with Gasteiger partial charge >= 0.3 is 0 Å². The molecule has 0 amide bonds. The van der Waals surface area contributed by atoms with Gasteiger partial charge in [-0.3, -0.25) is 0 Å². The van der Waals surface area contributed by atoms with E-state index in [1.807, 2.05) is 6.07 Å². The highest BCUT2D eigenvalue weighted by Gasteiger charge is 2.28. The average Bonchev–Trinajstić information content (AvgIpc) is 2.58. The Morgan fingerprint density at radius 3 is 2.67 bits per heavy atom. The maximum absolute atomic E-state index is 9.67. The van der Waals surface area contributed by atoms with Crippen molar-refractivity contribution in [3.63, 3.8) is 0 Å². The Balaban J connectivity index is 1.90. The summed E-state index contributed by atoms with van der Waals surface area (Å²) >= 11 is 0. The fourth-order valence-corrected chi connectivity index (χ4v) is 2.92. The van der Waals surface area contributed by atoms with Crippen LogP contribution in [0.5, 0.6) is 0 Å². The molecule has 2 heterocycles. The van der Waals surface area contributed by atoms with Crippen LogP contribution in [-0.2, 0) is 0 Å². The Morgan fingerprint density at radius 2 is 2.05 bits per heavy atom. The Morgan fingerprint density at radius 1 is 1.33 bits per heavy atom. The van der Waals surface area contributed by atoms with Crippen molar-refractivity contribution in [3.8, 4) is 0 Å². The lowest BCUT2D eigenvalue weighted by molar-refractivity contribution is 0.109. The summed E-state index contributed by atoms with van der Waals surface area (Å²) in [5, 5.41) is 13.3. The van der Waals surface area contributed by atoms with Gasteiger partial charge in [-0.15, -0.1) is 0 Å². The molecule has 0 radical (unpaired) electrons. The van der Waals surface area contributed by atoms with E-state index in [9.17, 15) is 5.11 Å². The first-order valence-corrected chi connectivity index (χ1v) is 8.09. The summed E-state index contributed by atoms with van der Waals surface area (Å²) in [5.74, 6) is 0.823. The predicted molar refractivity (Wildman–Crippen MR) is 85.4 cm³/mol. The van der Waals surface area contributed by atoms with Crippen molar-refractivity contribution in [2.75, 3.05) is 31.1 Å². The molecule has 118 valence electrons. The number of nitrogens with zero attached hydrogens (tertiary/aromatic N) is 3. The second-order valence-electron chi connectivity index (χ2n) is 6.08. The lowest BCUT2D eigenvalue weighted by Gasteiger charge is -2.36. The molecule has 1 aromatic rings. The molecule has 0 aliphatic carbocycles. The number of rotatable bonds is 7. The summed E-state index contributed by atoms with van der Waals surface area (Å²) in [4.78, 5) is 10.9. The molecule has 0 aromatic carbocycles. The molecule has 0 saturated carbocycles. The first kappa shape index (κ1) is 16.2. The molecule has 0 spiro atoms. The van der Waals surface area contributed by atoms with Crippen LogP contribution in [0.4, 0.5) is 5.95 Å². The molecule has 2 N–H and O–H groups in total. The zero-order chi connectivity index (χ0) is 15.1. The number of hydrogen-bond acceptors (Lipinski definition) is 5. The second kappa shape index (κ2) is 7.71. The van der Waals surface area contributed by atoms with Gasteiger partial charge in [-0.05, 0) is 31.7 Å². The van der Waals surface area contributed by atoms with Gasteiger partial charge in [-0.1, -0.05) is 13.8 Å². The molecule has 21 heavy (non-hydrogen) atoms. The third kappa shape index (κ3) is 4.14. The van der Waals surface area contributed by atoms with E-state index in [1.54, 1.807) is 12.4 Å². The van der Waals surface area contributed by atoms with Crippen LogP contribution in [0.2, 0.25) is 0 Å². The zero-order valence-corrected chi connectivity index (χ0v) is 13.3. The van der Waals surface area contributed by atoms with Crippen LogP contribution in [0.25, 0.3) is 0 Å². The van der Waals surface area contributed by atoms with Gasteiger partial charge in [0.2, 0.25) is 5.95 Å². The van der Waals surface area contributed by atoms with Crippen molar-refractivity contribution in [1.82, 2.24) is 15.3 Å². The summed E-state index contributed by atoms with van der Waals surface area (Å²) in [7, 11) is 0. The minimum absolute atomic E-state index is 0.0194. The quantitative estimate of drug-likeness (QED) is 0.803. The number of anilines is 1. The minimum atomic E-state index is 0.0194. The summed E-state index contributed by atoms with van der Waals surface area (Å²) in [6.45, 7) is 7.42. The van der Waals surface area contributed by atoms with Crippen LogP contribution in [0.15, 0.2) is 18.5 Å². The summed E-state index contributed by atoms with van der Waals surface area (Å²) in [6, 6.07) is 2.30. The van der Waals surface area contributed by atoms with Gasteiger partial charge in [0, 0.05) is 50.1 Å². The van der Waals surface area contributed by atoms with Crippen LogP contribution < -0.4 is 10.2 Å². The van der Waals surface area contributed by atoms with E-state index in [2.05, 4.69) is 34.0 Å². The van der Waals surface area contributed by atoms with Gasteiger partial charge in [0.05, 0.1) is 0 Å². The number of aliphatic hydroxyl groups is 1. The Kier molecular flexibility index (Phi) is 5.94. The van der Waals surface area contributed by atoms with E-state index in [4.69, 9.17) is 0 Å². The van der Waals surface area contributed by atoms with Gasteiger partial charge in [0.25, 0.3) is 0 Å². The largest absolute Gasteiger partial charge is 0.396 e. The van der Waals surface area contributed by atoms with E-state index >= 15 is 0 Å². The molecule has 5 nitrogen and oxygen atoms in total. The smallest absolute Gasteiger partial charge is 0.225 e. The fourth-order valence-electron chi connectivity index (χ4n) is 2.92. The normalized spacial score (nSPS) is 19.8. The van der Waals surface area contributed by atoms with E-state index in [0.717, 1.165) is 44.8 Å². The third-order valence-electron chi connectivity index (χ3n) is 4.86. The second-order valence-corrected chi connectivity index (χ2v) is 6.08. The SMILES string of the molecule is CCC(CC)(CO)CNC1CCCN(c2ncccn2)C1. The monoisotopic (exact) mass is 292 g/mol. The van der Waals surface area contributed by atoms with Crippen molar-refractivity contribution >= 4 is 5.95 Å². The number of aliphatic hydroxyl groups excluding tert-OH is 1. The van der Waals surface area contributed by atoms with E-state index in [1.165, 1.54) is 6.42 Å².